The monoisotopic (exact) mass is 269 g/mol. The fourth-order valence-corrected chi connectivity index (χ4v) is 2.30. The zero-order chi connectivity index (χ0) is 11.6. The molecule has 2 heteroatoms. The summed E-state index contributed by atoms with van der Waals surface area (Å²) in [6.07, 6.45) is 1.04. The molecule has 1 rings (SSSR count). The van der Waals surface area contributed by atoms with Gasteiger partial charge in [-0.2, -0.15) is 0 Å². The fourth-order valence-electron chi connectivity index (χ4n) is 1.84. The van der Waals surface area contributed by atoms with Crippen LogP contribution >= 0.6 is 15.9 Å². The summed E-state index contributed by atoms with van der Waals surface area (Å²) >= 11 is 3.54. The van der Waals surface area contributed by atoms with E-state index in [1.807, 2.05) is 0 Å². The molecule has 1 unspecified atom stereocenters. The van der Waals surface area contributed by atoms with Gasteiger partial charge in [0.2, 0.25) is 0 Å². The van der Waals surface area contributed by atoms with Gasteiger partial charge in [-0.15, -0.1) is 0 Å². The lowest BCUT2D eigenvalue weighted by Crippen LogP contribution is -2.14. The quantitative estimate of drug-likeness (QED) is 0.878. The van der Waals surface area contributed by atoms with E-state index in [4.69, 9.17) is 5.73 Å². The van der Waals surface area contributed by atoms with Crippen LogP contribution in [0.2, 0.25) is 0 Å². The summed E-state index contributed by atoms with van der Waals surface area (Å²) in [6, 6.07) is 4.52. The molecule has 15 heavy (non-hydrogen) atoms. The van der Waals surface area contributed by atoms with Crippen molar-refractivity contribution >= 4 is 15.9 Å². The molecule has 0 aliphatic heterocycles. The Hall–Kier alpha value is -0.340. The first-order valence-corrected chi connectivity index (χ1v) is 6.23. The summed E-state index contributed by atoms with van der Waals surface area (Å²) in [5.41, 5.74) is 10.0. The average Bonchev–Trinajstić information content (AvgIpc) is 2.09. The molecule has 1 aromatic rings. The number of aryl methyl sites for hydroxylation is 2. The molecule has 0 heterocycles. The molecule has 0 saturated carbocycles. The van der Waals surface area contributed by atoms with Gasteiger partial charge in [0.05, 0.1) is 0 Å². The molecular weight excluding hydrogens is 250 g/mol. The summed E-state index contributed by atoms with van der Waals surface area (Å²) < 4.78 is 1.17. The summed E-state index contributed by atoms with van der Waals surface area (Å²) in [4.78, 5) is 0. The molecule has 0 spiro atoms. The topological polar surface area (TPSA) is 26.0 Å². The molecule has 1 atom stereocenters. The molecule has 1 nitrogen and oxygen atoms in total. The Balaban J connectivity index is 2.98. The van der Waals surface area contributed by atoms with Gasteiger partial charge in [0.15, 0.2) is 0 Å². The Morgan fingerprint density at radius 3 is 2.33 bits per heavy atom. The van der Waals surface area contributed by atoms with Gasteiger partial charge in [0, 0.05) is 10.5 Å². The van der Waals surface area contributed by atoms with Crippen molar-refractivity contribution in [3.05, 3.63) is 33.3 Å². The second-order valence-corrected chi connectivity index (χ2v) is 5.55. The van der Waals surface area contributed by atoms with Gasteiger partial charge in [-0.1, -0.05) is 35.8 Å². The van der Waals surface area contributed by atoms with Crippen LogP contribution in [0.15, 0.2) is 16.6 Å². The molecule has 0 radical (unpaired) electrons. The van der Waals surface area contributed by atoms with Crippen LogP contribution in [-0.2, 0) is 0 Å². The van der Waals surface area contributed by atoms with E-state index in [9.17, 15) is 0 Å². The summed E-state index contributed by atoms with van der Waals surface area (Å²) in [5, 5.41) is 0. The van der Waals surface area contributed by atoms with Crippen LogP contribution in [0.5, 0.6) is 0 Å². The minimum absolute atomic E-state index is 0.164. The van der Waals surface area contributed by atoms with E-state index in [1.54, 1.807) is 0 Å². The highest BCUT2D eigenvalue weighted by Crippen LogP contribution is 2.27. The van der Waals surface area contributed by atoms with Crippen molar-refractivity contribution in [2.24, 2.45) is 11.7 Å². The summed E-state index contributed by atoms with van der Waals surface area (Å²) in [6.45, 7) is 8.65. The third kappa shape index (κ3) is 3.32. The first-order chi connectivity index (χ1) is 6.91. The van der Waals surface area contributed by atoms with Gasteiger partial charge in [0.1, 0.15) is 0 Å². The number of halogens is 1. The zero-order valence-electron chi connectivity index (χ0n) is 9.97. The van der Waals surface area contributed by atoms with Gasteiger partial charge in [-0.25, -0.2) is 0 Å². The highest BCUT2D eigenvalue weighted by molar-refractivity contribution is 9.10. The second kappa shape index (κ2) is 5.13. The first-order valence-electron chi connectivity index (χ1n) is 5.44. The third-order valence-corrected chi connectivity index (χ3v) is 3.53. The number of hydrogen-bond donors (Lipinski definition) is 1. The Morgan fingerprint density at radius 1 is 1.20 bits per heavy atom. The van der Waals surface area contributed by atoms with Crippen molar-refractivity contribution in [3.8, 4) is 0 Å². The molecule has 1 aromatic carbocycles. The van der Waals surface area contributed by atoms with E-state index in [1.165, 1.54) is 21.2 Å². The van der Waals surface area contributed by atoms with Crippen molar-refractivity contribution in [2.75, 3.05) is 0 Å². The number of hydrogen-bond acceptors (Lipinski definition) is 1. The van der Waals surface area contributed by atoms with E-state index >= 15 is 0 Å². The molecule has 0 aromatic heterocycles. The number of nitrogens with two attached hydrogens (primary N) is 1. The smallest absolute Gasteiger partial charge is 0.0300 e. The molecule has 84 valence electrons. The largest absolute Gasteiger partial charge is 0.324 e. The standard InChI is InChI=1S/C13H20BrN/c1-8(2)5-13(15)11-6-10(4)12(14)7-9(11)3/h6-8,13H,5,15H2,1-4H3. The van der Waals surface area contributed by atoms with Crippen LogP contribution in [0, 0.1) is 19.8 Å². The van der Waals surface area contributed by atoms with Crippen LogP contribution in [0.25, 0.3) is 0 Å². The van der Waals surface area contributed by atoms with Crippen molar-refractivity contribution in [1.82, 2.24) is 0 Å². The van der Waals surface area contributed by atoms with Crippen LogP contribution in [0.3, 0.4) is 0 Å². The predicted molar refractivity (Wildman–Crippen MR) is 70.0 cm³/mol. The third-order valence-electron chi connectivity index (χ3n) is 2.67. The maximum absolute atomic E-state index is 6.20. The Labute approximate surface area is 101 Å². The molecular formula is C13H20BrN. The molecule has 0 aliphatic rings. The zero-order valence-corrected chi connectivity index (χ0v) is 11.6. The maximum atomic E-state index is 6.20. The predicted octanol–water partition coefficient (Wildman–Crippen LogP) is 4.11. The van der Waals surface area contributed by atoms with Gasteiger partial charge in [-0.05, 0) is 48.9 Å². The van der Waals surface area contributed by atoms with Crippen LogP contribution in [-0.4, -0.2) is 0 Å². The van der Waals surface area contributed by atoms with Gasteiger partial charge in [0.25, 0.3) is 0 Å². The molecule has 2 N–H and O–H groups in total. The van der Waals surface area contributed by atoms with E-state index in [-0.39, 0.29) is 6.04 Å². The lowest BCUT2D eigenvalue weighted by Gasteiger charge is -2.18. The average molecular weight is 270 g/mol. The SMILES string of the molecule is Cc1cc(C(N)CC(C)C)c(C)cc1Br. The minimum Gasteiger partial charge on any atom is -0.324 e. The molecule has 0 amide bonds. The van der Waals surface area contributed by atoms with Crippen molar-refractivity contribution < 1.29 is 0 Å². The normalized spacial score (nSPS) is 13.3. The summed E-state index contributed by atoms with van der Waals surface area (Å²) in [7, 11) is 0. The molecule has 0 fully saturated rings. The number of rotatable bonds is 3. The Kier molecular flexibility index (Phi) is 4.35. The van der Waals surface area contributed by atoms with Gasteiger partial charge in [-0.3, -0.25) is 0 Å². The second-order valence-electron chi connectivity index (χ2n) is 4.69. The maximum Gasteiger partial charge on any atom is 0.0300 e. The highest BCUT2D eigenvalue weighted by atomic mass is 79.9. The van der Waals surface area contributed by atoms with E-state index in [2.05, 4.69) is 55.8 Å². The van der Waals surface area contributed by atoms with Crippen LogP contribution in [0.4, 0.5) is 0 Å². The number of benzene rings is 1. The Bertz CT molecular complexity index is 345. The fraction of sp³-hybridized carbons (Fsp3) is 0.538. The minimum atomic E-state index is 0.164. The van der Waals surface area contributed by atoms with Crippen LogP contribution in [0.1, 0.15) is 43.0 Å². The van der Waals surface area contributed by atoms with Gasteiger partial charge < -0.3 is 5.73 Å². The van der Waals surface area contributed by atoms with Crippen molar-refractivity contribution in [2.45, 2.75) is 40.2 Å². The summed E-state index contributed by atoms with van der Waals surface area (Å²) in [5.74, 6) is 0.642. The molecule has 0 aliphatic carbocycles. The highest BCUT2D eigenvalue weighted by Gasteiger charge is 2.12. The van der Waals surface area contributed by atoms with Crippen LogP contribution < -0.4 is 5.73 Å². The lowest BCUT2D eigenvalue weighted by atomic mass is 9.93. The first kappa shape index (κ1) is 12.7. The van der Waals surface area contributed by atoms with E-state index in [0.717, 1.165) is 6.42 Å². The molecule has 0 bridgehead atoms. The van der Waals surface area contributed by atoms with E-state index < -0.39 is 0 Å². The van der Waals surface area contributed by atoms with E-state index in [0.29, 0.717) is 5.92 Å². The Morgan fingerprint density at radius 2 is 1.80 bits per heavy atom. The molecule has 0 saturated heterocycles. The lowest BCUT2D eigenvalue weighted by molar-refractivity contribution is 0.508. The van der Waals surface area contributed by atoms with Crippen molar-refractivity contribution in [3.63, 3.8) is 0 Å². The van der Waals surface area contributed by atoms with Crippen molar-refractivity contribution in [1.29, 1.82) is 0 Å². The van der Waals surface area contributed by atoms with Gasteiger partial charge >= 0.3 is 0 Å².